The average Bonchev–Trinajstić information content (AvgIpc) is 2.73. The smallest absolute Gasteiger partial charge is 0.410 e. The summed E-state index contributed by atoms with van der Waals surface area (Å²) in [4.78, 5) is 28.6. The fourth-order valence-corrected chi connectivity index (χ4v) is 3.40. The van der Waals surface area contributed by atoms with Crippen LogP contribution in [-0.2, 0) is 4.74 Å². The van der Waals surface area contributed by atoms with Crippen LogP contribution in [0.4, 0.5) is 16.2 Å². The van der Waals surface area contributed by atoms with E-state index in [2.05, 4.69) is 11.4 Å². The minimum Gasteiger partial charge on any atom is -0.444 e. The Morgan fingerprint density at radius 2 is 1.71 bits per heavy atom. The van der Waals surface area contributed by atoms with Gasteiger partial charge in [0.2, 0.25) is 0 Å². The normalized spacial score (nSPS) is 14.0. The third kappa shape index (κ3) is 5.68. The van der Waals surface area contributed by atoms with Crippen LogP contribution in [-0.4, -0.2) is 48.7 Å². The van der Waals surface area contributed by atoms with E-state index < -0.39 is 5.60 Å². The number of rotatable bonds is 3. The first-order valence-corrected chi connectivity index (χ1v) is 10.4. The number of nitrogens with one attached hydrogen (secondary N) is 1. The van der Waals surface area contributed by atoms with E-state index in [0.29, 0.717) is 48.0 Å². The number of hydrogen-bond donors (Lipinski definition) is 1. The van der Waals surface area contributed by atoms with Crippen LogP contribution >= 0.6 is 11.6 Å². The highest BCUT2D eigenvalue weighted by atomic mass is 35.5. The third-order valence-electron chi connectivity index (χ3n) is 4.78. The highest BCUT2D eigenvalue weighted by molar-refractivity contribution is 6.30. The molecule has 2 amide bonds. The highest BCUT2D eigenvalue weighted by Gasteiger charge is 2.27. The van der Waals surface area contributed by atoms with Gasteiger partial charge in [-0.25, -0.2) is 4.79 Å². The molecule has 2 aromatic rings. The molecular weight excluding hydrogens is 416 g/mol. The Morgan fingerprint density at radius 1 is 1.06 bits per heavy atom. The van der Waals surface area contributed by atoms with Gasteiger partial charge in [0.15, 0.2) is 0 Å². The number of piperazine rings is 1. The lowest BCUT2D eigenvalue weighted by atomic mass is 10.1. The van der Waals surface area contributed by atoms with Crippen LogP contribution in [0.2, 0.25) is 5.02 Å². The van der Waals surface area contributed by atoms with Crippen LogP contribution in [0.3, 0.4) is 0 Å². The van der Waals surface area contributed by atoms with E-state index in [4.69, 9.17) is 16.3 Å². The molecule has 1 N–H and O–H groups in total. The maximum Gasteiger partial charge on any atom is 0.410 e. The first-order chi connectivity index (χ1) is 14.7. The van der Waals surface area contributed by atoms with Crippen molar-refractivity contribution in [2.24, 2.45) is 0 Å². The molecule has 3 rings (SSSR count). The summed E-state index contributed by atoms with van der Waals surface area (Å²) in [5, 5.41) is 13.1. The predicted octanol–water partition coefficient (Wildman–Crippen LogP) is 4.52. The lowest BCUT2D eigenvalue weighted by Gasteiger charge is -2.37. The fraction of sp³-hybridized carbons (Fsp3) is 0.348. The van der Waals surface area contributed by atoms with Gasteiger partial charge in [0.05, 0.1) is 16.9 Å². The molecule has 0 saturated carbocycles. The standard InChI is InChI=1S/C23H25ClN4O3/c1-23(2,3)31-22(30)28-13-11-27(12-14-28)20-6-4-5-19(18(20)15-25)26-21(29)16-7-9-17(24)10-8-16/h4-10H,11-14H2,1-3H3,(H,26,29). The van der Waals surface area contributed by atoms with Gasteiger partial charge in [-0.05, 0) is 57.2 Å². The lowest BCUT2D eigenvalue weighted by Crippen LogP contribution is -2.50. The molecule has 2 aromatic carbocycles. The van der Waals surface area contributed by atoms with Crippen LogP contribution in [0.5, 0.6) is 0 Å². The molecule has 7 nitrogen and oxygen atoms in total. The van der Waals surface area contributed by atoms with Crippen LogP contribution in [0, 0.1) is 11.3 Å². The van der Waals surface area contributed by atoms with Gasteiger partial charge in [0.25, 0.3) is 5.91 Å². The molecule has 0 aromatic heterocycles. The molecule has 31 heavy (non-hydrogen) atoms. The molecule has 0 spiro atoms. The molecule has 0 bridgehead atoms. The number of nitriles is 1. The lowest BCUT2D eigenvalue weighted by molar-refractivity contribution is 0.0240. The number of benzene rings is 2. The van der Waals surface area contributed by atoms with Crippen LogP contribution in [0.25, 0.3) is 0 Å². The third-order valence-corrected chi connectivity index (χ3v) is 5.03. The maximum atomic E-state index is 12.6. The zero-order valence-electron chi connectivity index (χ0n) is 17.8. The summed E-state index contributed by atoms with van der Waals surface area (Å²) in [5.41, 5.74) is 1.45. The Hall–Kier alpha value is -3.24. The van der Waals surface area contributed by atoms with E-state index in [1.807, 2.05) is 31.7 Å². The second-order valence-corrected chi connectivity index (χ2v) is 8.66. The molecule has 8 heteroatoms. The second kappa shape index (κ2) is 9.27. The summed E-state index contributed by atoms with van der Waals surface area (Å²) in [6, 6.07) is 14.1. The molecule has 1 heterocycles. The number of carbonyl (C=O) groups excluding carboxylic acids is 2. The molecule has 1 aliphatic rings. The monoisotopic (exact) mass is 440 g/mol. The van der Waals surface area contributed by atoms with Crippen molar-refractivity contribution in [2.45, 2.75) is 26.4 Å². The van der Waals surface area contributed by atoms with Crippen molar-refractivity contribution in [3.8, 4) is 6.07 Å². The molecule has 1 aliphatic heterocycles. The number of nitrogens with zero attached hydrogens (tertiary/aromatic N) is 3. The van der Waals surface area contributed by atoms with Crippen molar-refractivity contribution in [2.75, 3.05) is 36.4 Å². The zero-order chi connectivity index (χ0) is 22.6. The van der Waals surface area contributed by atoms with Gasteiger partial charge < -0.3 is 19.9 Å². The molecule has 0 atom stereocenters. The molecule has 0 radical (unpaired) electrons. The average molecular weight is 441 g/mol. The van der Waals surface area contributed by atoms with E-state index in [-0.39, 0.29) is 12.0 Å². The molecule has 1 saturated heterocycles. The fourth-order valence-electron chi connectivity index (χ4n) is 3.28. The number of ether oxygens (including phenoxy) is 1. The van der Waals surface area contributed by atoms with E-state index in [1.54, 1.807) is 41.3 Å². The van der Waals surface area contributed by atoms with Gasteiger partial charge in [0, 0.05) is 36.8 Å². The van der Waals surface area contributed by atoms with E-state index in [0.717, 1.165) is 5.69 Å². The number of hydrogen-bond acceptors (Lipinski definition) is 5. The second-order valence-electron chi connectivity index (χ2n) is 8.23. The molecule has 0 aliphatic carbocycles. The van der Waals surface area contributed by atoms with Crippen LogP contribution < -0.4 is 10.2 Å². The van der Waals surface area contributed by atoms with Gasteiger partial charge in [-0.3, -0.25) is 4.79 Å². The Balaban J connectivity index is 1.72. The summed E-state index contributed by atoms with van der Waals surface area (Å²) < 4.78 is 5.44. The number of anilines is 2. The van der Waals surface area contributed by atoms with Crippen molar-refractivity contribution >= 4 is 35.0 Å². The van der Waals surface area contributed by atoms with E-state index >= 15 is 0 Å². The van der Waals surface area contributed by atoms with E-state index in [1.165, 1.54) is 0 Å². The minimum atomic E-state index is -0.543. The molecule has 162 valence electrons. The van der Waals surface area contributed by atoms with Gasteiger partial charge in [-0.2, -0.15) is 5.26 Å². The Morgan fingerprint density at radius 3 is 2.29 bits per heavy atom. The van der Waals surface area contributed by atoms with Crippen molar-refractivity contribution in [3.63, 3.8) is 0 Å². The molecular formula is C23H25ClN4O3. The number of halogens is 1. The molecule has 0 unspecified atom stereocenters. The van der Waals surface area contributed by atoms with Gasteiger partial charge in [0.1, 0.15) is 11.7 Å². The quantitative estimate of drug-likeness (QED) is 0.758. The van der Waals surface area contributed by atoms with Crippen molar-refractivity contribution in [1.82, 2.24) is 4.90 Å². The SMILES string of the molecule is CC(C)(C)OC(=O)N1CCN(c2cccc(NC(=O)c3ccc(Cl)cc3)c2C#N)CC1. The first kappa shape index (κ1) is 22.4. The summed E-state index contributed by atoms with van der Waals surface area (Å²) in [7, 11) is 0. The summed E-state index contributed by atoms with van der Waals surface area (Å²) in [5.74, 6) is -0.319. The van der Waals surface area contributed by atoms with Crippen LogP contribution in [0.15, 0.2) is 42.5 Å². The van der Waals surface area contributed by atoms with Crippen molar-refractivity contribution in [3.05, 3.63) is 58.6 Å². The van der Waals surface area contributed by atoms with Gasteiger partial charge in [-0.1, -0.05) is 17.7 Å². The molecule has 1 fully saturated rings. The van der Waals surface area contributed by atoms with Gasteiger partial charge in [-0.15, -0.1) is 0 Å². The van der Waals surface area contributed by atoms with E-state index in [9.17, 15) is 14.9 Å². The summed E-state index contributed by atoms with van der Waals surface area (Å²) in [6.45, 7) is 7.60. The highest BCUT2D eigenvalue weighted by Crippen LogP contribution is 2.28. The zero-order valence-corrected chi connectivity index (χ0v) is 18.6. The number of amides is 2. The Labute approximate surface area is 187 Å². The Bertz CT molecular complexity index is 1000. The topological polar surface area (TPSA) is 85.7 Å². The minimum absolute atomic E-state index is 0.319. The van der Waals surface area contributed by atoms with Crippen LogP contribution in [0.1, 0.15) is 36.7 Å². The Kier molecular flexibility index (Phi) is 6.71. The van der Waals surface area contributed by atoms with Gasteiger partial charge >= 0.3 is 6.09 Å². The summed E-state index contributed by atoms with van der Waals surface area (Å²) in [6.07, 6.45) is -0.336. The summed E-state index contributed by atoms with van der Waals surface area (Å²) >= 11 is 5.88. The first-order valence-electron chi connectivity index (χ1n) is 10.0. The van der Waals surface area contributed by atoms with Crippen molar-refractivity contribution in [1.29, 1.82) is 5.26 Å². The predicted molar refractivity (Wildman–Crippen MR) is 121 cm³/mol. The van der Waals surface area contributed by atoms with Crippen molar-refractivity contribution < 1.29 is 14.3 Å². The number of carbonyl (C=O) groups is 2. The maximum absolute atomic E-state index is 12.6. The largest absolute Gasteiger partial charge is 0.444 e.